The molecule has 0 aromatic carbocycles. The quantitative estimate of drug-likeness (QED) is 0.818. The highest BCUT2D eigenvalue weighted by atomic mass is 16.5. The van der Waals surface area contributed by atoms with Gasteiger partial charge in [-0.05, 0) is 25.0 Å². The average molecular weight is 278 g/mol. The van der Waals surface area contributed by atoms with Crippen LogP contribution >= 0.6 is 0 Å². The second-order valence-corrected chi connectivity index (χ2v) is 4.90. The first-order valence-electron chi connectivity index (χ1n) is 6.65. The van der Waals surface area contributed by atoms with E-state index in [9.17, 15) is 14.7 Å². The van der Waals surface area contributed by atoms with E-state index in [1.807, 2.05) is 0 Å². The monoisotopic (exact) mass is 278 g/mol. The lowest BCUT2D eigenvalue weighted by atomic mass is 9.84. The molecule has 2 atom stereocenters. The Morgan fingerprint density at radius 3 is 2.85 bits per heavy atom. The number of rotatable bonds is 4. The molecule has 0 spiro atoms. The van der Waals surface area contributed by atoms with Gasteiger partial charge in [-0.15, -0.1) is 0 Å². The molecule has 2 unspecified atom stereocenters. The van der Waals surface area contributed by atoms with Crippen LogP contribution in [0.2, 0.25) is 0 Å². The Bertz CT molecular complexity index is 504. The molecule has 2 rings (SSSR count). The summed E-state index contributed by atoms with van der Waals surface area (Å²) >= 11 is 0. The fourth-order valence-corrected chi connectivity index (χ4v) is 2.54. The number of nitrogens with one attached hydrogen (secondary N) is 1. The molecule has 0 saturated heterocycles. The van der Waals surface area contributed by atoms with Gasteiger partial charge in [0.2, 0.25) is 0 Å². The molecule has 108 valence electrons. The first kappa shape index (κ1) is 14.3. The number of nitrogens with zero attached hydrogens (tertiary/aromatic N) is 1. The smallest absolute Gasteiger partial charge is 0.338 e. The Labute approximate surface area is 117 Å². The SMILES string of the molecule is COC(=O)c1ccnc(NC2CCCCC2C(=O)O)c1. The minimum Gasteiger partial charge on any atom is -0.481 e. The summed E-state index contributed by atoms with van der Waals surface area (Å²) in [6.45, 7) is 0. The fraction of sp³-hybridized carbons (Fsp3) is 0.500. The maximum atomic E-state index is 11.5. The topological polar surface area (TPSA) is 88.5 Å². The molecule has 6 nitrogen and oxygen atoms in total. The summed E-state index contributed by atoms with van der Waals surface area (Å²) in [7, 11) is 1.32. The maximum Gasteiger partial charge on any atom is 0.338 e. The molecule has 1 aromatic heterocycles. The van der Waals surface area contributed by atoms with Crippen LogP contribution in [0.25, 0.3) is 0 Å². The number of carbonyl (C=O) groups excluding carboxylic acids is 1. The van der Waals surface area contributed by atoms with Gasteiger partial charge in [-0.25, -0.2) is 9.78 Å². The standard InChI is InChI=1S/C14H18N2O4/c1-20-14(19)9-6-7-15-12(8-9)16-11-5-3-2-4-10(11)13(17)18/h6-8,10-11H,2-5H2,1H3,(H,15,16)(H,17,18). The number of carboxylic acids is 1. The number of carbonyl (C=O) groups is 2. The van der Waals surface area contributed by atoms with E-state index in [-0.39, 0.29) is 6.04 Å². The zero-order chi connectivity index (χ0) is 14.5. The third-order valence-corrected chi connectivity index (χ3v) is 3.60. The van der Waals surface area contributed by atoms with Crippen LogP contribution in [0.3, 0.4) is 0 Å². The van der Waals surface area contributed by atoms with E-state index in [0.717, 1.165) is 19.3 Å². The van der Waals surface area contributed by atoms with Crippen molar-refractivity contribution in [2.45, 2.75) is 31.7 Å². The normalized spacial score (nSPS) is 22.1. The van der Waals surface area contributed by atoms with Crippen LogP contribution in [0.1, 0.15) is 36.0 Å². The lowest BCUT2D eigenvalue weighted by Crippen LogP contribution is -2.37. The minimum absolute atomic E-state index is 0.151. The van der Waals surface area contributed by atoms with Crippen LogP contribution in [0.15, 0.2) is 18.3 Å². The van der Waals surface area contributed by atoms with Gasteiger partial charge in [-0.1, -0.05) is 12.8 Å². The van der Waals surface area contributed by atoms with Gasteiger partial charge in [0, 0.05) is 12.2 Å². The number of hydrogen-bond acceptors (Lipinski definition) is 5. The molecule has 20 heavy (non-hydrogen) atoms. The number of hydrogen-bond donors (Lipinski definition) is 2. The number of pyridine rings is 1. The minimum atomic E-state index is -0.786. The van der Waals surface area contributed by atoms with Crippen molar-refractivity contribution in [1.82, 2.24) is 4.98 Å². The molecule has 1 aromatic rings. The summed E-state index contributed by atoms with van der Waals surface area (Å²) in [4.78, 5) is 26.8. The number of carboxylic acid groups (broad SMARTS) is 1. The van der Waals surface area contributed by atoms with E-state index < -0.39 is 17.9 Å². The number of anilines is 1. The van der Waals surface area contributed by atoms with Gasteiger partial charge >= 0.3 is 11.9 Å². The third-order valence-electron chi connectivity index (χ3n) is 3.60. The van der Waals surface area contributed by atoms with Crippen LogP contribution in [0, 0.1) is 5.92 Å². The van der Waals surface area contributed by atoms with E-state index in [1.165, 1.54) is 13.3 Å². The van der Waals surface area contributed by atoms with Crippen molar-refractivity contribution in [2.24, 2.45) is 5.92 Å². The molecule has 0 amide bonds. The van der Waals surface area contributed by atoms with Gasteiger partial charge < -0.3 is 15.2 Å². The van der Waals surface area contributed by atoms with Gasteiger partial charge in [0.15, 0.2) is 0 Å². The van der Waals surface area contributed by atoms with Gasteiger partial charge in [-0.3, -0.25) is 4.79 Å². The van der Waals surface area contributed by atoms with Gasteiger partial charge in [-0.2, -0.15) is 0 Å². The average Bonchev–Trinajstić information content (AvgIpc) is 2.47. The van der Waals surface area contributed by atoms with E-state index in [1.54, 1.807) is 12.1 Å². The van der Waals surface area contributed by atoms with E-state index in [0.29, 0.717) is 17.8 Å². The summed E-state index contributed by atoms with van der Waals surface area (Å²) in [5, 5.41) is 12.4. The highest BCUT2D eigenvalue weighted by Gasteiger charge is 2.30. The van der Waals surface area contributed by atoms with Crippen LogP contribution in [-0.4, -0.2) is 35.2 Å². The molecule has 1 aliphatic rings. The Morgan fingerprint density at radius 2 is 2.15 bits per heavy atom. The molecule has 1 saturated carbocycles. The number of aliphatic carboxylic acids is 1. The summed E-state index contributed by atoms with van der Waals surface area (Å²) in [5.74, 6) is -1.13. The van der Waals surface area contributed by atoms with Crippen molar-refractivity contribution in [3.8, 4) is 0 Å². The summed E-state index contributed by atoms with van der Waals surface area (Å²) < 4.78 is 4.65. The summed E-state index contributed by atoms with van der Waals surface area (Å²) in [6, 6.07) is 2.99. The zero-order valence-corrected chi connectivity index (χ0v) is 11.3. The Kier molecular flexibility index (Phi) is 4.55. The van der Waals surface area contributed by atoms with E-state index in [2.05, 4.69) is 15.0 Å². The molecule has 0 bridgehead atoms. The Balaban J connectivity index is 2.12. The van der Waals surface area contributed by atoms with Crippen LogP contribution in [-0.2, 0) is 9.53 Å². The van der Waals surface area contributed by atoms with Crippen molar-refractivity contribution in [2.75, 3.05) is 12.4 Å². The second kappa shape index (κ2) is 6.36. The van der Waals surface area contributed by atoms with Crippen molar-refractivity contribution in [3.05, 3.63) is 23.9 Å². The Hall–Kier alpha value is -2.11. The van der Waals surface area contributed by atoms with Crippen molar-refractivity contribution >= 4 is 17.8 Å². The van der Waals surface area contributed by atoms with Gasteiger partial charge in [0.05, 0.1) is 18.6 Å². The highest BCUT2D eigenvalue weighted by molar-refractivity contribution is 5.90. The van der Waals surface area contributed by atoms with E-state index >= 15 is 0 Å². The number of esters is 1. The first-order chi connectivity index (χ1) is 9.61. The summed E-state index contributed by atoms with van der Waals surface area (Å²) in [6.07, 6.45) is 4.90. The Morgan fingerprint density at radius 1 is 1.40 bits per heavy atom. The molecule has 1 aliphatic carbocycles. The van der Waals surface area contributed by atoms with Gasteiger partial charge in [0.25, 0.3) is 0 Å². The predicted octanol–water partition coefficient (Wildman–Crippen LogP) is 1.92. The molecule has 0 radical (unpaired) electrons. The molecule has 0 aliphatic heterocycles. The second-order valence-electron chi connectivity index (χ2n) is 4.90. The lowest BCUT2D eigenvalue weighted by Gasteiger charge is -2.29. The zero-order valence-electron chi connectivity index (χ0n) is 11.3. The maximum absolute atomic E-state index is 11.5. The van der Waals surface area contributed by atoms with Crippen LogP contribution < -0.4 is 5.32 Å². The van der Waals surface area contributed by atoms with Crippen molar-refractivity contribution in [1.29, 1.82) is 0 Å². The molecular formula is C14H18N2O4. The summed E-state index contributed by atoms with van der Waals surface area (Å²) in [5.41, 5.74) is 0.396. The molecular weight excluding hydrogens is 260 g/mol. The van der Waals surface area contributed by atoms with Crippen LogP contribution in [0.5, 0.6) is 0 Å². The molecule has 1 fully saturated rings. The first-order valence-corrected chi connectivity index (χ1v) is 6.65. The number of aromatic nitrogens is 1. The third kappa shape index (κ3) is 3.26. The fourth-order valence-electron chi connectivity index (χ4n) is 2.54. The largest absolute Gasteiger partial charge is 0.481 e. The van der Waals surface area contributed by atoms with Gasteiger partial charge in [0.1, 0.15) is 5.82 Å². The molecule has 6 heteroatoms. The lowest BCUT2D eigenvalue weighted by molar-refractivity contribution is -0.143. The number of methoxy groups -OCH3 is 1. The highest BCUT2D eigenvalue weighted by Crippen LogP contribution is 2.27. The van der Waals surface area contributed by atoms with Crippen molar-refractivity contribution in [3.63, 3.8) is 0 Å². The molecule has 1 heterocycles. The van der Waals surface area contributed by atoms with Crippen molar-refractivity contribution < 1.29 is 19.4 Å². The van der Waals surface area contributed by atoms with E-state index in [4.69, 9.17) is 0 Å². The molecule has 2 N–H and O–H groups in total. The number of ether oxygens (including phenoxy) is 1. The predicted molar refractivity (Wildman–Crippen MR) is 72.6 cm³/mol. The van der Waals surface area contributed by atoms with Crippen LogP contribution in [0.4, 0.5) is 5.82 Å².